The number of rotatable bonds is 7. The molecule has 0 spiro atoms. The number of carbonyl (C=O) groups is 1. The van der Waals surface area contributed by atoms with Gasteiger partial charge < -0.3 is 15.4 Å². The standard InChI is InChI=1S/C20H23FN2O2.ClH/c21-17-7-4-16(5-8-17)14-25-19-3-1-2-18(12-19)23-20(24)9-6-15-10-11-22-13-15;/h1-5,7-8,12,15,22H,6,9-11,13-14H2,(H,23,24);1H. The van der Waals surface area contributed by atoms with Gasteiger partial charge in [-0.1, -0.05) is 18.2 Å². The van der Waals surface area contributed by atoms with Crippen molar-refractivity contribution < 1.29 is 13.9 Å². The second-order valence-electron chi connectivity index (χ2n) is 6.39. The van der Waals surface area contributed by atoms with E-state index < -0.39 is 0 Å². The fourth-order valence-electron chi connectivity index (χ4n) is 2.93. The number of hydrogen-bond donors (Lipinski definition) is 2. The predicted molar refractivity (Wildman–Crippen MR) is 103 cm³/mol. The minimum atomic E-state index is -0.262. The number of nitrogens with one attached hydrogen (secondary N) is 2. The molecule has 0 radical (unpaired) electrons. The third-order valence-corrected chi connectivity index (χ3v) is 4.38. The Morgan fingerprint density at radius 1 is 1.23 bits per heavy atom. The molecule has 1 atom stereocenters. The van der Waals surface area contributed by atoms with Gasteiger partial charge in [0.2, 0.25) is 5.91 Å². The zero-order valence-corrected chi connectivity index (χ0v) is 15.4. The summed E-state index contributed by atoms with van der Waals surface area (Å²) in [7, 11) is 0. The van der Waals surface area contributed by atoms with Gasteiger partial charge in [-0.05, 0) is 61.7 Å². The average Bonchev–Trinajstić information content (AvgIpc) is 3.13. The van der Waals surface area contributed by atoms with Crippen LogP contribution in [0, 0.1) is 11.7 Å². The lowest BCUT2D eigenvalue weighted by atomic mass is 10.0. The maximum absolute atomic E-state index is 12.9. The molecule has 2 aromatic carbocycles. The molecule has 2 N–H and O–H groups in total. The molecular formula is C20H24ClFN2O2. The number of anilines is 1. The highest BCUT2D eigenvalue weighted by Crippen LogP contribution is 2.20. The first kappa shape index (κ1) is 20.2. The quantitative estimate of drug-likeness (QED) is 0.760. The van der Waals surface area contributed by atoms with Crippen LogP contribution < -0.4 is 15.4 Å². The smallest absolute Gasteiger partial charge is 0.224 e. The third-order valence-electron chi connectivity index (χ3n) is 4.38. The highest BCUT2D eigenvalue weighted by molar-refractivity contribution is 5.90. The van der Waals surface area contributed by atoms with Crippen molar-refractivity contribution in [2.75, 3.05) is 18.4 Å². The fraction of sp³-hybridized carbons (Fsp3) is 0.350. The van der Waals surface area contributed by atoms with Crippen LogP contribution >= 0.6 is 12.4 Å². The summed E-state index contributed by atoms with van der Waals surface area (Å²) < 4.78 is 18.6. The lowest BCUT2D eigenvalue weighted by molar-refractivity contribution is -0.116. The Hall–Kier alpha value is -2.11. The maximum atomic E-state index is 12.9. The molecule has 1 aliphatic rings. The monoisotopic (exact) mass is 378 g/mol. The van der Waals surface area contributed by atoms with E-state index in [1.165, 1.54) is 12.1 Å². The molecule has 1 amide bonds. The molecule has 6 heteroatoms. The van der Waals surface area contributed by atoms with Crippen LogP contribution in [0.2, 0.25) is 0 Å². The molecule has 4 nitrogen and oxygen atoms in total. The number of carbonyl (C=O) groups excluding carboxylic acids is 1. The normalized spacial score (nSPS) is 16.0. The van der Waals surface area contributed by atoms with Gasteiger partial charge in [0, 0.05) is 18.2 Å². The highest BCUT2D eigenvalue weighted by atomic mass is 35.5. The number of amides is 1. The van der Waals surface area contributed by atoms with Crippen molar-refractivity contribution >= 4 is 24.0 Å². The second-order valence-corrected chi connectivity index (χ2v) is 6.39. The summed E-state index contributed by atoms with van der Waals surface area (Å²) in [6.45, 7) is 2.42. The summed E-state index contributed by atoms with van der Waals surface area (Å²) in [6.07, 6.45) is 2.60. The summed E-state index contributed by atoms with van der Waals surface area (Å²) in [4.78, 5) is 12.1. The van der Waals surface area contributed by atoms with E-state index in [9.17, 15) is 9.18 Å². The molecule has 1 heterocycles. The molecular weight excluding hydrogens is 355 g/mol. The Morgan fingerprint density at radius 3 is 2.77 bits per heavy atom. The number of halogens is 2. The summed E-state index contributed by atoms with van der Waals surface area (Å²) in [5, 5.41) is 6.24. The Balaban J connectivity index is 0.00000243. The molecule has 2 aromatic rings. The van der Waals surface area contributed by atoms with E-state index in [2.05, 4.69) is 10.6 Å². The number of hydrogen-bond acceptors (Lipinski definition) is 3. The first-order chi connectivity index (χ1) is 12.2. The molecule has 0 bridgehead atoms. The summed E-state index contributed by atoms with van der Waals surface area (Å²) in [5.74, 6) is 1.04. The largest absolute Gasteiger partial charge is 0.489 e. The van der Waals surface area contributed by atoms with Crippen molar-refractivity contribution in [1.82, 2.24) is 5.32 Å². The van der Waals surface area contributed by atoms with Crippen molar-refractivity contribution in [1.29, 1.82) is 0 Å². The van der Waals surface area contributed by atoms with Crippen molar-refractivity contribution in [2.24, 2.45) is 5.92 Å². The average molecular weight is 379 g/mol. The van der Waals surface area contributed by atoms with E-state index >= 15 is 0 Å². The van der Waals surface area contributed by atoms with Gasteiger partial charge in [0.25, 0.3) is 0 Å². The van der Waals surface area contributed by atoms with Crippen molar-refractivity contribution in [2.45, 2.75) is 25.9 Å². The van der Waals surface area contributed by atoms with Gasteiger partial charge >= 0.3 is 0 Å². The molecule has 0 aliphatic carbocycles. The zero-order valence-electron chi connectivity index (χ0n) is 14.5. The van der Waals surface area contributed by atoms with Crippen LogP contribution in [0.5, 0.6) is 5.75 Å². The number of benzene rings is 2. The Labute approximate surface area is 159 Å². The Kier molecular flexibility index (Phi) is 7.88. The van der Waals surface area contributed by atoms with Crippen LogP contribution in [-0.2, 0) is 11.4 Å². The molecule has 1 unspecified atom stereocenters. The van der Waals surface area contributed by atoms with E-state index in [1.54, 1.807) is 18.2 Å². The molecule has 140 valence electrons. The van der Waals surface area contributed by atoms with E-state index in [-0.39, 0.29) is 24.1 Å². The van der Waals surface area contributed by atoms with Gasteiger partial charge in [0.1, 0.15) is 18.2 Å². The van der Waals surface area contributed by atoms with Crippen molar-refractivity contribution in [3.63, 3.8) is 0 Å². The van der Waals surface area contributed by atoms with E-state index in [0.717, 1.165) is 37.2 Å². The van der Waals surface area contributed by atoms with Gasteiger partial charge in [0.15, 0.2) is 0 Å². The van der Waals surface area contributed by atoms with E-state index in [4.69, 9.17) is 4.74 Å². The van der Waals surface area contributed by atoms with Crippen LogP contribution in [-0.4, -0.2) is 19.0 Å². The summed E-state index contributed by atoms with van der Waals surface area (Å²) in [5.41, 5.74) is 1.62. The predicted octanol–water partition coefficient (Wildman–Crippen LogP) is 4.15. The molecule has 1 aliphatic heterocycles. The molecule has 0 saturated carbocycles. The molecule has 1 fully saturated rings. The summed E-state index contributed by atoms with van der Waals surface area (Å²) >= 11 is 0. The van der Waals surface area contributed by atoms with Crippen LogP contribution in [0.4, 0.5) is 10.1 Å². The number of ether oxygens (including phenoxy) is 1. The second kappa shape index (κ2) is 10.1. The van der Waals surface area contributed by atoms with Gasteiger partial charge in [-0.2, -0.15) is 0 Å². The van der Waals surface area contributed by atoms with Gasteiger partial charge in [0.05, 0.1) is 0 Å². The topological polar surface area (TPSA) is 50.4 Å². The van der Waals surface area contributed by atoms with E-state index in [1.807, 2.05) is 18.2 Å². The first-order valence-electron chi connectivity index (χ1n) is 8.67. The molecule has 0 aromatic heterocycles. The minimum Gasteiger partial charge on any atom is -0.489 e. The van der Waals surface area contributed by atoms with Gasteiger partial charge in [-0.25, -0.2) is 4.39 Å². The maximum Gasteiger partial charge on any atom is 0.224 e. The molecule has 3 rings (SSSR count). The van der Waals surface area contributed by atoms with E-state index in [0.29, 0.717) is 24.7 Å². The molecule has 26 heavy (non-hydrogen) atoms. The van der Waals surface area contributed by atoms with Crippen LogP contribution in [0.3, 0.4) is 0 Å². The molecule has 1 saturated heterocycles. The fourth-order valence-corrected chi connectivity index (χ4v) is 2.93. The van der Waals surface area contributed by atoms with Crippen LogP contribution in [0.25, 0.3) is 0 Å². The SMILES string of the molecule is Cl.O=C(CCC1CCNC1)Nc1cccc(OCc2ccc(F)cc2)c1. The Bertz CT molecular complexity index is 703. The first-order valence-corrected chi connectivity index (χ1v) is 8.67. The van der Waals surface area contributed by atoms with Gasteiger partial charge in [-0.15, -0.1) is 12.4 Å². The minimum absolute atomic E-state index is 0. The van der Waals surface area contributed by atoms with Crippen molar-refractivity contribution in [3.8, 4) is 5.75 Å². The summed E-state index contributed by atoms with van der Waals surface area (Å²) in [6, 6.07) is 13.5. The van der Waals surface area contributed by atoms with Crippen LogP contribution in [0.15, 0.2) is 48.5 Å². The lowest BCUT2D eigenvalue weighted by Crippen LogP contribution is -2.15. The highest BCUT2D eigenvalue weighted by Gasteiger charge is 2.15. The van der Waals surface area contributed by atoms with Gasteiger partial charge in [-0.3, -0.25) is 4.79 Å². The third kappa shape index (κ3) is 6.32. The Morgan fingerprint density at radius 2 is 2.04 bits per heavy atom. The lowest BCUT2D eigenvalue weighted by Gasteiger charge is -2.11. The zero-order chi connectivity index (χ0) is 17.5. The van der Waals surface area contributed by atoms with Crippen LogP contribution in [0.1, 0.15) is 24.8 Å². The van der Waals surface area contributed by atoms with Crippen molar-refractivity contribution in [3.05, 3.63) is 59.9 Å².